The highest BCUT2D eigenvalue weighted by atomic mass is 32.1. The molecule has 2 heterocycles. The van der Waals surface area contributed by atoms with Crippen LogP contribution in [0.2, 0.25) is 0 Å². The summed E-state index contributed by atoms with van der Waals surface area (Å²) in [6.07, 6.45) is 3.66. The average molecular weight is 268 g/mol. The van der Waals surface area contributed by atoms with Gasteiger partial charge in [-0.15, -0.1) is 5.10 Å². The Bertz CT molecular complexity index is 401. The van der Waals surface area contributed by atoms with Crippen LogP contribution in [0.25, 0.3) is 0 Å². The van der Waals surface area contributed by atoms with Crippen LogP contribution in [-0.4, -0.2) is 46.1 Å². The molecular formula is C12H20N4OS. The van der Waals surface area contributed by atoms with Crippen molar-refractivity contribution in [3.8, 4) is 0 Å². The summed E-state index contributed by atoms with van der Waals surface area (Å²) < 4.78 is 3.83. The van der Waals surface area contributed by atoms with E-state index in [1.807, 2.05) is 18.7 Å². The Morgan fingerprint density at radius 1 is 1.56 bits per heavy atom. The third kappa shape index (κ3) is 3.05. The Morgan fingerprint density at radius 2 is 2.39 bits per heavy atom. The van der Waals surface area contributed by atoms with Crippen LogP contribution in [0.3, 0.4) is 0 Å². The van der Waals surface area contributed by atoms with E-state index in [1.165, 1.54) is 24.4 Å². The molecule has 0 bridgehead atoms. The van der Waals surface area contributed by atoms with Crippen LogP contribution in [0.15, 0.2) is 0 Å². The number of nitrogens with one attached hydrogen (secondary N) is 1. The number of rotatable bonds is 4. The molecule has 18 heavy (non-hydrogen) atoms. The first-order valence-corrected chi connectivity index (χ1v) is 7.31. The quantitative estimate of drug-likeness (QED) is 0.898. The number of carbonyl (C=O) groups is 1. The summed E-state index contributed by atoms with van der Waals surface area (Å²) >= 11 is 1.19. The maximum Gasteiger partial charge on any atom is 0.267 e. The Kier molecular flexibility index (Phi) is 4.66. The van der Waals surface area contributed by atoms with Crippen LogP contribution >= 0.6 is 11.5 Å². The normalized spacial score (nSPS) is 19.8. The number of amides is 1. The van der Waals surface area contributed by atoms with E-state index in [9.17, 15) is 4.79 Å². The molecule has 1 N–H and O–H groups in total. The van der Waals surface area contributed by atoms with Crippen LogP contribution in [-0.2, 0) is 0 Å². The summed E-state index contributed by atoms with van der Waals surface area (Å²) in [4.78, 5) is 14.9. The van der Waals surface area contributed by atoms with Crippen molar-refractivity contribution in [2.45, 2.75) is 39.2 Å². The largest absolute Gasteiger partial charge is 0.337 e. The van der Waals surface area contributed by atoms with E-state index < -0.39 is 0 Å². The smallest absolute Gasteiger partial charge is 0.267 e. The highest BCUT2D eigenvalue weighted by Gasteiger charge is 2.23. The zero-order valence-electron chi connectivity index (χ0n) is 11.0. The molecule has 1 aromatic heterocycles. The number of aryl methyl sites for hydroxylation is 1. The van der Waals surface area contributed by atoms with Crippen LogP contribution in [0.4, 0.5) is 0 Å². The number of hydrogen-bond donors (Lipinski definition) is 1. The highest BCUT2D eigenvalue weighted by Crippen LogP contribution is 2.15. The molecule has 1 unspecified atom stereocenters. The Hall–Kier alpha value is -1.01. The van der Waals surface area contributed by atoms with Crippen molar-refractivity contribution in [3.05, 3.63) is 10.6 Å². The summed E-state index contributed by atoms with van der Waals surface area (Å²) in [6.45, 7) is 6.44. The molecular weight excluding hydrogens is 248 g/mol. The lowest BCUT2D eigenvalue weighted by molar-refractivity contribution is 0.0745. The first-order chi connectivity index (χ1) is 8.72. The van der Waals surface area contributed by atoms with E-state index in [1.54, 1.807) is 0 Å². The van der Waals surface area contributed by atoms with E-state index in [4.69, 9.17) is 0 Å². The van der Waals surface area contributed by atoms with Gasteiger partial charge in [0, 0.05) is 19.1 Å². The van der Waals surface area contributed by atoms with Crippen molar-refractivity contribution in [3.63, 3.8) is 0 Å². The minimum Gasteiger partial charge on any atom is -0.337 e. The number of carbonyl (C=O) groups excluding carboxylic acids is 1. The second kappa shape index (κ2) is 6.24. The number of aromatic nitrogens is 2. The zero-order chi connectivity index (χ0) is 13.0. The van der Waals surface area contributed by atoms with Gasteiger partial charge in [0.25, 0.3) is 5.91 Å². The minimum atomic E-state index is 0.0670. The second-order valence-electron chi connectivity index (χ2n) is 4.68. The SMILES string of the molecule is CCN(CC1CCCCN1)C(=O)c1snnc1C. The molecule has 1 fully saturated rings. The van der Waals surface area contributed by atoms with Gasteiger partial charge in [-0.1, -0.05) is 10.9 Å². The Balaban J connectivity index is 1.99. The molecule has 1 atom stereocenters. The predicted molar refractivity (Wildman–Crippen MR) is 71.9 cm³/mol. The zero-order valence-corrected chi connectivity index (χ0v) is 11.8. The average Bonchev–Trinajstić information content (AvgIpc) is 2.82. The third-order valence-electron chi connectivity index (χ3n) is 3.37. The number of hydrogen-bond acceptors (Lipinski definition) is 5. The molecule has 0 aromatic carbocycles. The Labute approximate surface area is 112 Å². The van der Waals surface area contributed by atoms with Gasteiger partial charge in [-0.3, -0.25) is 4.79 Å². The van der Waals surface area contributed by atoms with Crippen molar-refractivity contribution in [1.82, 2.24) is 19.8 Å². The molecule has 6 heteroatoms. The van der Waals surface area contributed by atoms with E-state index >= 15 is 0 Å². The van der Waals surface area contributed by atoms with E-state index in [0.29, 0.717) is 10.9 Å². The third-order valence-corrected chi connectivity index (χ3v) is 4.18. The molecule has 1 aliphatic heterocycles. The van der Waals surface area contributed by atoms with Gasteiger partial charge in [0.2, 0.25) is 0 Å². The molecule has 0 spiro atoms. The molecule has 1 aliphatic rings. The number of piperidine rings is 1. The fourth-order valence-corrected chi connectivity index (χ4v) is 2.90. The molecule has 1 saturated heterocycles. The lowest BCUT2D eigenvalue weighted by atomic mass is 10.0. The standard InChI is InChI=1S/C12H20N4OS/c1-3-16(8-10-6-4-5-7-13-10)12(17)11-9(2)14-15-18-11/h10,13H,3-8H2,1-2H3. The summed E-state index contributed by atoms with van der Waals surface area (Å²) in [5.74, 6) is 0.0670. The topological polar surface area (TPSA) is 58.1 Å². The van der Waals surface area contributed by atoms with E-state index in [2.05, 4.69) is 14.9 Å². The molecule has 0 saturated carbocycles. The van der Waals surface area contributed by atoms with Gasteiger partial charge < -0.3 is 10.2 Å². The van der Waals surface area contributed by atoms with E-state index in [-0.39, 0.29) is 5.91 Å². The number of nitrogens with zero attached hydrogens (tertiary/aromatic N) is 3. The first kappa shape index (κ1) is 13.4. The van der Waals surface area contributed by atoms with Gasteiger partial charge in [-0.2, -0.15) is 0 Å². The van der Waals surface area contributed by atoms with Crippen molar-refractivity contribution < 1.29 is 4.79 Å². The van der Waals surface area contributed by atoms with Crippen molar-refractivity contribution >= 4 is 17.4 Å². The highest BCUT2D eigenvalue weighted by molar-refractivity contribution is 7.07. The van der Waals surface area contributed by atoms with E-state index in [0.717, 1.165) is 31.7 Å². The van der Waals surface area contributed by atoms with Crippen LogP contribution in [0.1, 0.15) is 41.6 Å². The predicted octanol–water partition coefficient (Wildman–Crippen LogP) is 1.45. The minimum absolute atomic E-state index is 0.0670. The summed E-state index contributed by atoms with van der Waals surface area (Å²) in [5.41, 5.74) is 0.736. The molecule has 2 rings (SSSR count). The fraction of sp³-hybridized carbons (Fsp3) is 0.750. The van der Waals surface area contributed by atoms with Crippen molar-refractivity contribution in [2.24, 2.45) is 0 Å². The molecule has 1 amide bonds. The molecule has 1 aromatic rings. The fourth-order valence-electron chi connectivity index (χ4n) is 2.27. The van der Waals surface area contributed by atoms with Crippen LogP contribution in [0.5, 0.6) is 0 Å². The maximum absolute atomic E-state index is 12.4. The molecule has 0 radical (unpaired) electrons. The van der Waals surface area contributed by atoms with Crippen LogP contribution in [0, 0.1) is 6.92 Å². The molecule has 5 nitrogen and oxygen atoms in total. The van der Waals surface area contributed by atoms with Gasteiger partial charge in [-0.25, -0.2) is 0 Å². The van der Waals surface area contributed by atoms with Crippen LogP contribution < -0.4 is 5.32 Å². The lowest BCUT2D eigenvalue weighted by Gasteiger charge is -2.29. The maximum atomic E-state index is 12.4. The summed E-state index contributed by atoms with van der Waals surface area (Å²) in [7, 11) is 0. The second-order valence-corrected chi connectivity index (χ2v) is 5.43. The molecule has 100 valence electrons. The van der Waals surface area contributed by atoms with Gasteiger partial charge in [0.1, 0.15) is 4.88 Å². The first-order valence-electron chi connectivity index (χ1n) is 6.54. The van der Waals surface area contributed by atoms with Crippen molar-refractivity contribution in [1.29, 1.82) is 0 Å². The molecule has 0 aliphatic carbocycles. The van der Waals surface area contributed by atoms with Gasteiger partial charge in [0.15, 0.2) is 0 Å². The lowest BCUT2D eigenvalue weighted by Crippen LogP contribution is -2.45. The van der Waals surface area contributed by atoms with Gasteiger partial charge in [0.05, 0.1) is 5.69 Å². The number of likely N-dealkylation sites (N-methyl/N-ethyl adjacent to an activating group) is 1. The van der Waals surface area contributed by atoms with Crippen molar-refractivity contribution in [2.75, 3.05) is 19.6 Å². The Morgan fingerprint density at radius 3 is 2.94 bits per heavy atom. The van der Waals surface area contributed by atoms with Gasteiger partial charge >= 0.3 is 0 Å². The summed E-state index contributed by atoms with van der Waals surface area (Å²) in [5, 5.41) is 7.38. The van der Waals surface area contributed by atoms with Gasteiger partial charge in [-0.05, 0) is 44.8 Å². The monoisotopic (exact) mass is 268 g/mol. The summed E-state index contributed by atoms with van der Waals surface area (Å²) in [6, 6.07) is 0.434.